The first-order valence-corrected chi connectivity index (χ1v) is 8.31. The van der Waals surface area contributed by atoms with Gasteiger partial charge < -0.3 is 9.47 Å². The number of amides is 1. The SMILES string of the molecule is Cn1cnnc1[C@H]1CCCN(C(=O)CCc2ccsc2)C1. The van der Waals surface area contributed by atoms with Crippen molar-refractivity contribution in [2.75, 3.05) is 13.1 Å². The third kappa shape index (κ3) is 3.32. The number of hydrogen-bond acceptors (Lipinski definition) is 4. The Morgan fingerprint density at radius 1 is 1.52 bits per heavy atom. The first-order valence-electron chi connectivity index (χ1n) is 7.37. The van der Waals surface area contributed by atoms with Crippen molar-refractivity contribution in [3.63, 3.8) is 0 Å². The van der Waals surface area contributed by atoms with Crippen LogP contribution in [0.5, 0.6) is 0 Å². The monoisotopic (exact) mass is 304 g/mol. The molecular formula is C15H20N4OS. The van der Waals surface area contributed by atoms with Crippen molar-refractivity contribution in [1.29, 1.82) is 0 Å². The molecule has 1 amide bonds. The minimum atomic E-state index is 0.257. The average molecular weight is 304 g/mol. The van der Waals surface area contributed by atoms with Crippen LogP contribution in [-0.2, 0) is 18.3 Å². The summed E-state index contributed by atoms with van der Waals surface area (Å²) >= 11 is 1.68. The molecule has 0 unspecified atom stereocenters. The van der Waals surface area contributed by atoms with Crippen molar-refractivity contribution >= 4 is 17.2 Å². The number of carbonyl (C=O) groups excluding carboxylic acids is 1. The van der Waals surface area contributed by atoms with Gasteiger partial charge in [0.15, 0.2) is 0 Å². The van der Waals surface area contributed by atoms with Gasteiger partial charge in [-0.25, -0.2) is 0 Å². The molecule has 0 spiro atoms. The maximum Gasteiger partial charge on any atom is 0.222 e. The third-order valence-electron chi connectivity index (χ3n) is 4.09. The van der Waals surface area contributed by atoms with Crippen molar-refractivity contribution in [3.8, 4) is 0 Å². The first kappa shape index (κ1) is 14.3. The van der Waals surface area contributed by atoms with Crippen LogP contribution in [0.2, 0.25) is 0 Å². The first-order chi connectivity index (χ1) is 10.2. The van der Waals surface area contributed by atoms with Crippen LogP contribution in [0.25, 0.3) is 0 Å². The summed E-state index contributed by atoms with van der Waals surface area (Å²) in [6, 6.07) is 2.09. The number of carbonyl (C=O) groups is 1. The molecule has 0 aliphatic carbocycles. The molecule has 5 nitrogen and oxygen atoms in total. The Balaban J connectivity index is 1.58. The van der Waals surface area contributed by atoms with Gasteiger partial charge in [-0.2, -0.15) is 11.3 Å². The summed E-state index contributed by atoms with van der Waals surface area (Å²) in [4.78, 5) is 14.4. The number of piperidine rings is 1. The van der Waals surface area contributed by atoms with Crippen molar-refractivity contribution < 1.29 is 4.79 Å². The molecule has 21 heavy (non-hydrogen) atoms. The van der Waals surface area contributed by atoms with E-state index in [1.54, 1.807) is 17.7 Å². The molecule has 1 fully saturated rings. The van der Waals surface area contributed by atoms with Crippen LogP contribution in [0, 0.1) is 0 Å². The highest BCUT2D eigenvalue weighted by Crippen LogP contribution is 2.25. The zero-order valence-electron chi connectivity index (χ0n) is 12.2. The van der Waals surface area contributed by atoms with Crippen molar-refractivity contribution in [2.45, 2.75) is 31.6 Å². The molecule has 0 aromatic carbocycles. The van der Waals surface area contributed by atoms with Crippen molar-refractivity contribution in [3.05, 3.63) is 34.5 Å². The maximum atomic E-state index is 12.4. The van der Waals surface area contributed by atoms with E-state index in [4.69, 9.17) is 0 Å². The van der Waals surface area contributed by atoms with Gasteiger partial charge in [0, 0.05) is 32.5 Å². The van der Waals surface area contributed by atoms with Crippen molar-refractivity contribution in [2.24, 2.45) is 7.05 Å². The summed E-state index contributed by atoms with van der Waals surface area (Å²) in [7, 11) is 1.96. The van der Waals surface area contributed by atoms with E-state index < -0.39 is 0 Å². The summed E-state index contributed by atoms with van der Waals surface area (Å²) < 4.78 is 1.96. The van der Waals surface area contributed by atoms with Gasteiger partial charge >= 0.3 is 0 Å². The molecule has 1 aliphatic rings. The molecule has 1 saturated heterocycles. The largest absolute Gasteiger partial charge is 0.342 e. The molecule has 0 N–H and O–H groups in total. The third-order valence-corrected chi connectivity index (χ3v) is 4.83. The second kappa shape index (κ2) is 6.39. The van der Waals surface area contributed by atoms with E-state index in [-0.39, 0.29) is 5.91 Å². The molecule has 0 radical (unpaired) electrons. The van der Waals surface area contributed by atoms with E-state index in [1.165, 1.54) is 5.56 Å². The second-order valence-corrected chi connectivity index (χ2v) is 6.39. The van der Waals surface area contributed by atoms with Crippen LogP contribution in [0.15, 0.2) is 23.2 Å². The van der Waals surface area contributed by atoms with Crippen LogP contribution in [0.4, 0.5) is 0 Å². The molecule has 1 atom stereocenters. The number of aromatic nitrogens is 3. The summed E-state index contributed by atoms with van der Waals surface area (Å²) in [5, 5.41) is 12.3. The van der Waals surface area contributed by atoms with Gasteiger partial charge in [0.25, 0.3) is 0 Å². The lowest BCUT2D eigenvalue weighted by Crippen LogP contribution is -2.39. The molecule has 2 aromatic heterocycles. The highest BCUT2D eigenvalue weighted by atomic mass is 32.1. The predicted octanol–water partition coefficient (Wildman–Crippen LogP) is 2.22. The van der Waals surface area contributed by atoms with Gasteiger partial charge in [0.2, 0.25) is 5.91 Å². The van der Waals surface area contributed by atoms with Crippen LogP contribution in [0.3, 0.4) is 0 Å². The van der Waals surface area contributed by atoms with Crippen LogP contribution >= 0.6 is 11.3 Å². The Labute approximate surface area is 128 Å². The smallest absolute Gasteiger partial charge is 0.222 e. The lowest BCUT2D eigenvalue weighted by atomic mass is 9.96. The summed E-state index contributed by atoms with van der Waals surface area (Å²) in [5.41, 5.74) is 1.26. The van der Waals surface area contributed by atoms with Gasteiger partial charge in [-0.05, 0) is 41.7 Å². The minimum absolute atomic E-state index is 0.257. The zero-order valence-corrected chi connectivity index (χ0v) is 13.1. The molecular weight excluding hydrogens is 284 g/mol. The maximum absolute atomic E-state index is 12.4. The number of likely N-dealkylation sites (tertiary alicyclic amines) is 1. The Morgan fingerprint density at radius 3 is 3.14 bits per heavy atom. The quantitative estimate of drug-likeness (QED) is 0.870. The molecule has 0 bridgehead atoms. The lowest BCUT2D eigenvalue weighted by molar-refractivity contribution is -0.132. The molecule has 1 aliphatic heterocycles. The van der Waals surface area contributed by atoms with Crippen LogP contribution in [0.1, 0.15) is 36.6 Å². The van der Waals surface area contributed by atoms with E-state index in [2.05, 4.69) is 27.0 Å². The average Bonchev–Trinajstić information content (AvgIpc) is 3.16. The van der Waals surface area contributed by atoms with Gasteiger partial charge in [-0.1, -0.05) is 0 Å². The number of nitrogens with zero attached hydrogens (tertiary/aromatic N) is 4. The van der Waals surface area contributed by atoms with E-state index in [0.717, 1.165) is 38.2 Å². The summed E-state index contributed by atoms with van der Waals surface area (Å²) in [6.07, 6.45) is 5.30. The number of hydrogen-bond donors (Lipinski definition) is 0. The Bertz CT molecular complexity index is 593. The van der Waals surface area contributed by atoms with Gasteiger partial charge in [-0.15, -0.1) is 10.2 Å². The molecule has 2 aromatic rings. The number of thiophene rings is 1. The van der Waals surface area contributed by atoms with E-state index in [1.807, 2.05) is 16.5 Å². The van der Waals surface area contributed by atoms with Gasteiger partial charge in [0.1, 0.15) is 12.2 Å². The fraction of sp³-hybridized carbons (Fsp3) is 0.533. The second-order valence-electron chi connectivity index (χ2n) is 5.61. The van der Waals surface area contributed by atoms with E-state index in [0.29, 0.717) is 12.3 Å². The number of rotatable bonds is 4. The Morgan fingerprint density at radius 2 is 2.43 bits per heavy atom. The van der Waals surface area contributed by atoms with Crippen LogP contribution < -0.4 is 0 Å². The van der Waals surface area contributed by atoms with Gasteiger partial charge in [-0.3, -0.25) is 4.79 Å². The summed E-state index contributed by atoms with van der Waals surface area (Å²) in [6.45, 7) is 1.64. The molecule has 0 saturated carbocycles. The lowest BCUT2D eigenvalue weighted by Gasteiger charge is -2.32. The van der Waals surface area contributed by atoms with Gasteiger partial charge in [0.05, 0.1) is 0 Å². The predicted molar refractivity (Wildman–Crippen MR) is 82.2 cm³/mol. The molecule has 3 heterocycles. The molecule has 3 rings (SSSR count). The Kier molecular flexibility index (Phi) is 4.34. The fourth-order valence-corrected chi connectivity index (χ4v) is 3.62. The van der Waals surface area contributed by atoms with E-state index >= 15 is 0 Å². The topological polar surface area (TPSA) is 51.0 Å². The standard InChI is InChI=1S/C15H20N4OS/c1-18-11-16-17-15(18)13-3-2-7-19(9-13)14(20)5-4-12-6-8-21-10-12/h6,8,10-11,13H,2-5,7,9H2,1H3/t13-/m0/s1. The number of aryl methyl sites for hydroxylation is 2. The van der Waals surface area contributed by atoms with E-state index in [9.17, 15) is 4.79 Å². The van der Waals surface area contributed by atoms with Crippen LogP contribution in [-0.4, -0.2) is 38.7 Å². The highest BCUT2D eigenvalue weighted by molar-refractivity contribution is 7.07. The highest BCUT2D eigenvalue weighted by Gasteiger charge is 2.27. The molecule has 112 valence electrons. The van der Waals surface area contributed by atoms with Crippen molar-refractivity contribution in [1.82, 2.24) is 19.7 Å². The molecule has 6 heteroatoms. The minimum Gasteiger partial charge on any atom is -0.342 e. The summed E-state index contributed by atoms with van der Waals surface area (Å²) in [5.74, 6) is 1.56. The fourth-order valence-electron chi connectivity index (χ4n) is 2.92. The normalized spacial score (nSPS) is 18.9. The zero-order chi connectivity index (χ0) is 14.7. The Hall–Kier alpha value is -1.69.